The lowest BCUT2D eigenvalue weighted by molar-refractivity contribution is 0.0697. The van der Waals surface area contributed by atoms with Crippen LogP contribution in [-0.2, 0) is 0 Å². The number of benzene rings is 1. The van der Waals surface area contributed by atoms with Gasteiger partial charge in [0.1, 0.15) is 0 Å². The summed E-state index contributed by atoms with van der Waals surface area (Å²) in [5.74, 6) is -0.919. The van der Waals surface area contributed by atoms with E-state index in [1.54, 1.807) is 12.1 Å². The van der Waals surface area contributed by atoms with Crippen molar-refractivity contribution in [2.24, 2.45) is 0 Å². The van der Waals surface area contributed by atoms with Gasteiger partial charge in [-0.05, 0) is 44.5 Å². The predicted molar refractivity (Wildman–Crippen MR) is 70.9 cm³/mol. The van der Waals surface area contributed by atoms with Crippen molar-refractivity contribution >= 4 is 11.7 Å². The Balaban J connectivity index is 3.06. The second-order valence-corrected chi connectivity index (χ2v) is 4.50. The van der Waals surface area contributed by atoms with Crippen molar-refractivity contribution in [1.29, 1.82) is 5.26 Å². The summed E-state index contributed by atoms with van der Waals surface area (Å²) in [7, 11) is 0. The van der Waals surface area contributed by atoms with Gasteiger partial charge in [-0.1, -0.05) is 0 Å². The number of carboxylic acids is 1. The minimum atomic E-state index is -0.919. The summed E-state index contributed by atoms with van der Waals surface area (Å²) in [5, 5.41) is 17.6. The maximum absolute atomic E-state index is 10.9. The van der Waals surface area contributed by atoms with Crippen LogP contribution >= 0.6 is 0 Å². The van der Waals surface area contributed by atoms with Gasteiger partial charge in [0.15, 0.2) is 0 Å². The van der Waals surface area contributed by atoms with E-state index in [2.05, 4.69) is 24.8 Å². The summed E-state index contributed by atoms with van der Waals surface area (Å²) in [6, 6.07) is 7.49. The first-order chi connectivity index (χ1) is 8.47. The molecule has 1 aromatic rings. The molecule has 0 bridgehead atoms. The Morgan fingerprint density at radius 3 is 2.61 bits per heavy atom. The largest absolute Gasteiger partial charge is 0.478 e. The molecule has 0 aliphatic heterocycles. The van der Waals surface area contributed by atoms with Gasteiger partial charge in [-0.3, -0.25) is 0 Å². The normalized spacial score (nSPS) is 10.2. The molecule has 18 heavy (non-hydrogen) atoms. The molecule has 0 radical (unpaired) electrons. The van der Waals surface area contributed by atoms with Crippen LogP contribution in [0.4, 0.5) is 5.69 Å². The molecule has 0 aliphatic rings. The first-order valence-electron chi connectivity index (χ1n) is 5.95. The summed E-state index contributed by atoms with van der Waals surface area (Å²) in [5.41, 5.74) is 2.20. The molecule has 0 saturated heterocycles. The van der Waals surface area contributed by atoms with Crippen LogP contribution in [0.15, 0.2) is 18.2 Å². The fourth-order valence-electron chi connectivity index (χ4n) is 1.94. The van der Waals surface area contributed by atoms with Gasteiger partial charge in [-0.15, -0.1) is 0 Å². The second kappa shape index (κ2) is 6.06. The minimum Gasteiger partial charge on any atom is -0.478 e. The summed E-state index contributed by atoms with van der Waals surface area (Å²) in [6.45, 7) is 6.66. The van der Waals surface area contributed by atoms with E-state index in [1.807, 2.05) is 13.0 Å². The van der Waals surface area contributed by atoms with E-state index >= 15 is 0 Å². The molecule has 1 N–H and O–H groups in total. The average Bonchev–Trinajstić information content (AvgIpc) is 2.30. The van der Waals surface area contributed by atoms with Crippen molar-refractivity contribution in [2.45, 2.75) is 33.2 Å². The fourth-order valence-corrected chi connectivity index (χ4v) is 1.94. The standard InChI is InChI=1S/C14H18N2O2/c1-10(2)16(8-4-7-15)13-6-5-12(14(17)18)9-11(13)3/h5-6,9-10H,4,8H2,1-3H3,(H,17,18). The maximum Gasteiger partial charge on any atom is 0.335 e. The molecule has 1 rings (SSSR count). The highest BCUT2D eigenvalue weighted by atomic mass is 16.4. The molecule has 0 unspecified atom stereocenters. The Hall–Kier alpha value is -2.02. The number of aromatic carboxylic acids is 1. The molecular formula is C14H18N2O2. The molecular weight excluding hydrogens is 228 g/mol. The first kappa shape index (κ1) is 14.0. The molecule has 0 amide bonds. The maximum atomic E-state index is 10.9. The number of anilines is 1. The van der Waals surface area contributed by atoms with E-state index in [-0.39, 0.29) is 6.04 Å². The van der Waals surface area contributed by atoms with E-state index in [0.29, 0.717) is 18.5 Å². The number of carbonyl (C=O) groups is 1. The third-order valence-corrected chi connectivity index (χ3v) is 2.84. The molecule has 0 fully saturated rings. The van der Waals surface area contributed by atoms with Gasteiger partial charge in [-0.25, -0.2) is 4.79 Å². The van der Waals surface area contributed by atoms with Crippen LogP contribution in [0.2, 0.25) is 0 Å². The Morgan fingerprint density at radius 1 is 1.50 bits per heavy atom. The molecule has 0 heterocycles. The number of carboxylic acid groups (broad SMARTS) is 1. The third-order valence-electron chi connectivity index (χ3n) is 2.84. The third kappa shape index (κ3) is 3.24. The topological polar surface area (TPSA) is 64.3 Å². The van der Waals surface area contributed by atoms with Crippen molar-refractivity contribution in [3.8, 4) is 6.07 Å². The van der Waals surface area contributed by atoms with Crippen LogP contribution in [0.5, 0.6) is 0 Å². The van der Waals surface area contributed by atoms with E-state index in [1.165, 1.54) is 0 Å². The van der Waals surface area contributed by atoms with Crippen LogP contribution in [0.25, 0.3) is 0 Å². The lowest BCUT2D eigenvalue weighted by Crippen LogP contribution is -2.32. The van der Waals surface area contributed by atoms with Gasteiger partial charge in [0, 0.05) is 18.3 Å². The van der Waals surface area contributed by atoms with Crippen molar-refractivity contribution in [1.82, 2.24) is 0 Å². The molecule has 0 spiro atoms. The molecule has 4 nitrogen and oxygen atoms in total. The van der Waals surface area contributed by atoms with Gasteiger partial charge in [0.25, 0.3) is 0 Å². The van der Waals surface area contributed by atoms with Gasteiger partial charge in [0.05, 0.1) is 18.1 Å². The van der Waals surface area contributed by atoms with Crippen LogP contribution in [0.3, 0.4) is 0 Å². The molecule has 0 aromatic heterocycles. The number of rotatable bonds is 5. The summed E-state index contributed by atoms with van der Waals surface area (Å²) < 4.78 is 0. The first-order valence-corrected chi connectivity index (χ1v) is 5.95. The second-order valence-electron chi connectivity index (χ2n) is 4.50. The SMILES string of the molecule is Cc1cc(C(=O)O)ccc1N(CCC#N)C(C)C. The summed E-state index contributed by atoms with van der Waals surface area (Å²) in [4.78, 5) is 13.0. The molecule has 0 saturated carbocycles. The Labute approximate surface area is 107 Å². The smallest absolute Gasteiger partial charge is 0.335 e. The molecule has 1 aromatic carbocycles. The highest BCUT2D eigenvalue weighted by Gasteiger charge is 2.14. The van der Waals surface area contributed by atoms with E-state index < -0.39 is 5.97 Å². The number of hydrogen-bond donors (Lipinski definition) is 1. The van der Waals surface area contributed by atoms with E-state index in [4.69, 9.17) is 10.4 Å². The van der Waals surface area contributed by atoms with Crippen LogP contribution in [0.1, 0.15) is 36.2 Å². The number of aryl methyl sites for hydroxylation is 1. The Bertz CT molecular complexity index is 475. The highest BCUT2D eigenvalue weighted by Crippen LogP contribution is 2.23. The number of nitrogens with zero attached hydrogens (tertiary/aromatic N) is 2. The zero-order valence-corrected chi connectivity index (χ0v) is 11.0. The number of nitriles is 1. The van der Waals surface area contributed by atoms with Crippen molar-refractivity contribution < 1.29 is 9.90 Å². The molecule has 96 valence electrons. The zero-order chi connectivity index (χ0) is 13.7. The monoisotopic (exact) mass is 246 g/mol. The lowest BCUT2D eigenvalue weighted by atomic mass is 10.1. The van der Waals surface area contributed by atoms with E-state index in [9.17, 15) is 4.79 Å². The van der Waals surface area contributed by atoms with Crippen molar-refractivity contribution in [3.63, 3.8) is 0 Å². The minimum absolute atomic E-state index is 0.271. The van der Waals surface area contributed by atoms with Crippen molar-refractivity contribution in [2.75, 3.05) is 11.4 Å². The average molecular weight is 246 g/mol. The van der Waals surface area contributed by atoms with Gasteiger partial charge in [0.2, 0.25) is 0 Å². The van der Waals surface area contributed by atoms with Crippen LogP contribution in [-0.4, -0.2) is 23.7 Å². The highest BCUT2D eigenvalue weighted by molar-refractivity contribution is 5.88. The Kier molecular flexibility index (Phi) is 4.73. The Morgan fingerprint density at radius 2 is 2.17 bits per heavy atom. The number of hydrogen-bond acceptors (Lipinski definition) is 3. The van der Waals surface area contributed by atoms with Gasteiger partial charge in [-0.2, -0.15) is 5.26 Å². The van der Waals surface area contributed by atoms with Gasteiger partial charge >= 0.3 is 5.97 Å². The summed E-state index contributed by atoms with van der Waals surface area (Å²) >= 11 is 0. The summed E-state index contributed by atoms with van der Waals surface area (Å²) in [6.07, 6.45) is 0.457. The van der Waals surface area contributed by atoms with E-state index in [0.717, 1.165) is 11.3 Å². The molecule has 4 heteroatoms. The van der Waals surface area contributed by atoms with Crippen molar-refractivity contribution in [3.05, 3.63) is 29.3 Å². The lowest BCUT2D eigenvalue weighted by Gasteiger charge is -2.29. The molecule has 0 atom stereocenters. The van der Waals surface area contributed by atoms with Crippen LogP contribution < -0.4 is 4.90 Å². The van der Waals surface area contributed by atoms with Crippen LogP contribution in [0, 0.1) is 18.3 Å². The van der Waals surface area contributed by atoms with Gasteiger partial charge < -0.3 is 10.0 Å². The quantitative estimate of drug-likeness (QED) is 0.867. The predicted octanol–water partition coefficient (Wildman–Crippen LogP) is 2.82. The molecule has 0 aliphatic carbocycles. The fraction of sp³-hybridized carbons (Fsp3) is 0.429. The zero-order valence-electron chi connectivity index (χ0n) is 11.0.